The first kappa shape index (κ1) is 11.8. The maximum absolute atomic E-state index is 5.70. The Balaban J connectivity index is 2.08. The molecule has 0 bridgehead atoms. The van der Waals surface area contributed by atoms with E-state index in [-0.39, 0.29) is 0 Å². The van der Waals surface area contributed by atoms with Gasteiger partial charge in [0.1, 0.15) is 5.82 Å². The van der Waals surface area contributed by atoms with E-state index in [0.717, 1.165) is 29.3 Å². The molecule has 5 nitrogen and oxygen atoms in total. The van der Waals surface area contributed by atoms with E-state index < -0.39 is 0 Å². The number of anilines is 2. The Bertz CT molecular complexity index is 681. The highest BCUT2D eigenvalue weighted by molar-refractivity contribution is 5.80. The Morgan fingerprint density at radius 1 is 1.37 bits per heavy atom. The standard InChI is InChI=1S/C14H17N5/c1-10-4-5-12-11(9-10)17-14(19(12)8-6-15)18-13-3-2-7-16-13/h2-5,7,9,16H,6,8,15H2,1H3,(H,17,18). The molecule has 19 heavy (non-hydrogen) atoms. The van der Waals surface area contributed by atoms with Gasteiger partial charge in [-0.25, -0.2) is 4.98 Å². The summed E-state index contributed by atoms with van der Waals surface area (Å²) in [5.41, 5.74) is 8.99. The molecule has 0 aliphatic heterocycles. The number of aromatic amines is 1. The zero-order valence-corrected chi connectivity index (χ0v) is 10.9. The van der Waals surface area contributed by atoms with Crippen LogP contribution >= 0.6 is 0 Å². The number of fused-ring (bicyclic) bond motifs is 1. The van der Waals surface area contributed by atoms with Crippen LogP contribution in [0.3, 0.4) is 0 Å². The van der Waals surface area contributed by atoms with E-state index in [0.29, 0.717) is 6.54 Å². The van der Waals surface area contributed by atoms with Gasteiger partial charge in [0.05, 0.1) is 11.0 Å². The molecule has 0 fully saturated rings. The monoisotopic (exact) mass is 255 g/mol. The first-order chi connectivity index (χ1) is 9.28. The molecular weight excluding hydrogens is 238 g/mol. The molecule has 0 saturated heterocycles. The number of benzene rings is 1. The second kappa shape index (κ2) is 4.78. The normalized spacial score (nSPS) is 11.1. The number of H-pyrrole nitrogens is 1. The van der Waals surface area contributed by atoms with Gasteiger partial charge in [0, 0.05) is 19.3 Å². The number of nitrogens with zero attached hydrogens (tertiary/aromatic N) is 2. The molecule has 0 spiro atoms. The summed E-state index contributed by atoms with van der Waals surface area (Å²) in [6, 6.07) is 10.2. The predicted molar refractivity (Wildman–Crippen MR) is 77.6 cm³/mol. The van der Waals surface area contributed by atoms with Gasteiger partial charge in [0.15, 0.2) is 0 Å². The molecule has 0 unspecified atom stereocenters. The summed E-state index contributed by atoms with van der Waals surface area (Å²) in [5.74, 6) is 1.73. The second-order valence-corrected chi connectivity index (χ2v) is 4.58. The first-order valence-corrected chi connectivity index (χ1v) is 6.35. The highest BCUT2D eigenvalue weighted by Gasteiger charge is 2.10. The van der Waals surface area contributed by atoms with Gasteiger partial charge in [0.2, 0.25) is 5.95 Å². The van der Waals surface area contributed by atoms with Crippen LogP contribution in [0.4, 0.5) is 11.8 Å². The third kappa shape index (κ3) is 2.20. The average molecular weight is 255 g/mol. The third-order valence-electron chi connectivity index (χ3n) is 3.10. The zero-order chi connectivity index (χ0) is 13.2. The van der Waals surface area contributed by atoms with Gasteiger partial charge in [0.25, 0.3) is 0 Å². The Morgan fingerprint density at radius 2 is 2.26 bits per heavy atom. The van der Waals surface area contributed by atoms with Gasteiger partial charge in [-0.15, -0.1) is 0 Å². The fraction of sp³-hybridized carbons (Fsp3) is 0.214. The molecule has 0 radical (unpaired) electrons. The van der Waals surface area contributed by atoms with Gasteiger partial charge < -0.3 is 20.6 Å². The molecule has 5 heteroatoms. The molecule has 2 aromatic heterocycles. The lowest BCUT2D eigenvalue weighted by atomic mass is 10.2. The zero-order valence-electron chi connectivity index (χ0n) is 10.9. The van der Waals surface area contributed by atoms with Gasteiger partial charge in [-0.05, 0) is 36.8 Å². The molecule has 0 amide bonds. The van der Waals surface area contributed by atoms with Crippen molar-refractivity contribution < 1.29 is 0 Å². The summed E-state index contributed by atoms with van der Waals surface area (Å²) < 4.78 is 2.11. The number of nitrogens with two attached hydrogens (primary N) is 1. The van der Waals surface area contributed by atoms with Crippen molar-refractivity contribution in [2.45, 2.75) is 13.5 Å². The van der Waals surface area contributed by atoms with Crippen LogP contribution in [0.15, 0.2) is 36.5 Å². The largest absolute Gasteiger partial charge is 0.348 e. The van der Waals surface area contributed by atoms with Crippen molar-refractivity contribution in [2.24, 2.45) is 5.73 Å². The highest BCUT2D eigenvalue weighted by atomic mass is 15.2. The minimum absolute atomic E-state index is 0.582. The molecule has 1 aromatic carbocycles. The van der Waals surface area contributed by atoms with Crippen LogP contribution in [0, 0.1) is 6.92 Å². The van der Waals surface area contributed by atoms with E-state index in [1.54, 1.807) is 0 Å². The van der Waals surface area contributed by atoms with Crippen LogP contribution in [-0.4, -0.2) is 21.1 Å². The molecule has 0 aliphatic carbocycles. The molecule has 3 rings (SSSR count). The SMILES string of the molecule is Cc1ccc2c(c1)nc(Nc1ccc[nH]1)n2CCN. The molecule has 2 heterocycles. The van der Waals surface area contributed by atoms with E-state index in [4.69, 9.17) is 5.73 Å². The third-order valence-corrected chi connectivity index (χ3v) is 3.10. The smallest absolute Gasteiger partial charge is 0.209 e. The predicted octanol–water partition coefficient (Wildman–Crippen LogP) is 2.38. The van der Waals surface area contributed by atoms with Crippen molar-refractivity contribution >= 4 is 22.8 Å². The van der Waals surface area contributed by atoms with E-state index in [1.807, 2.05) is 18.3 Å². The van der Waals surface area contributed by atoms with Gasteiger partial charge in [-0.2, -0.15) is 0 Å². The maximum atomic E-state index is 5.70. The van der Waals surface area contributed by atoms with Gasteiger partial charge in [-0.3, -0.25) is 0 Å². The van der Waals surface area contributed by atoms with Crippen molar-refractivity contribution in [1.29, 1.82) is 0 Å². The van der Waals surface area contributed by atoms with Crippen LogP contribution < -0.4 is 11.1 Å². The first-order valence-electron chi connectivity index (χ1n) is 6.35. The molecule has 0 aliphatic rings. The Morgan fingerprint density at radius 3 is 3.00 bits per heavy atom. The van der Waals surface area contributed by atoms with E-state index in [1.165, 1.54) is 5.56 Å². The summed E-state index contributed by atoms with van der Waals surface area (Å²) in [7, 11) is 0. The van der Waals surface area contributed by atoms with Crippen molar-refractivity contribution in [3.8, 4) is 0 Å². The Kier molecular flexibility index (Phi) is 2.97. The molecular formula is C14H17N5. The highest BCUT2D eigenvalue weighted by Crippen LogP contribution is 2.22. The van der Waals surface area contributed by atoms with Gasteiger partial charge in [-0.1, -0.05) is 6.07 Å². The molecule has 3 aromatic rings. The van der Waals surface area contributed by atoms with Crippen LogP contribution in [0.5, 0.6) is 0 Å². The van der Waals surface area contributed by atoms with Crippen LogP contribution in [0.2, 0.25) is 0 Å². The number of aromatic nitrogens is 3. The lowest BCUT2D eigenvalue weighted by molar-refractivity contribution is 0.736. The molecule has 4 N–H and O–H groups in total. The number of aryl methyl sites for hydroxylation is 1. The van der Waals surface area contributed by atoms with E-state index in [2.05, 4.69) is 45.0 Å². The molecule has 0 saturated carbocycles. The van der Waals surface area contributed by atoms with Crippen LogP contribution in [-0.2, 0) is 6.54 Å². The van der Waals surface area contributed by atoms with Crippen molar-refractivity contribution in [2.75, 3.05) is 11.9 Å². The van der Waals surface area contributed by atoms with Gasteiger partial charge >= 0.3 is 0 Å². The van der Waals surface area contributed by atoms with Crippen LogP contribution in [0.1, 0.15) is 5.56 Å². The number of hydrogen-bond acceptors (Lipinski definition) is 3. The summed E-state index contributed by atoms with van der Waals surface area (Å²) >= 11 is 0. The lowest BCUT2D eigenvalue weighted by Gasteiger charge is -2.08. The topological polar surface area (TPSA) is 71.7 Å². The minimum Gasteiger partial charge on any atom is -0.348 e. The summed E-state index contributed by atoms with van der Waals surface area (Å²) in [4.78, 5) is 7.76. The molecule has 0 atom stereocenters. The molecule has 98 valence electrons. The van der Waals surface area contributed by atoms with Crippen molar-refractivity contribution in [3.63, 3.8) is 0 Å². The minimum atomic E-state index is 0.582. The Hall–Kier alpha value is -2.27. The summed E-state index contributed by atoms with van der Waals surface area (Å²) in [6.07, 6.45) is 1.88. The number of rotatable bonds is 4. The summed E-state index contributed by atoms with van der Waals surface area (Å²) in [5, 5.41) is 3.29. The van der Waals surface area contributed by atoms with E-state index in [9.17, 15) is 0 Å². The van der Waals surface area contributed by atoms with Crippen molar-refractivity contribution in [3.05, 3.63) is 42.1 Å². The fourth-order valence-corrected chi connectivity index (χ4v) is 2.22. The van der Waals surface area contributed by atoms with Crippen LogP contribution in [0.25, 0.3) is 11.0 Å². The number of nitrogens with one attached hydrogen (secondary N) is 2. The quantitative estimate of drug-likeness (QED) is 0.670. The fourth-order valence-electron chi connectivity index (χ4n) is 2.22. The lowest BCUT2D eigenvalue weighted by Crippen LogP contribution is -2.12. The summed E-state index contributed by atoms with van der Waals surface area (Å²) in [6.45, 7) is 3.39. The number of imidazole rings is 1. The number of hydrogen-bond donors (Lipinski definition) is 3. The average Bonchev–Trinajstić information content (AvgIpc) is 2.99. The Labute approximate surface area is 111 Å². The van der Waals surface area contributed by atoms with Crippen molar-refractivity contribution in [1.82, 2.24) is 14.5 Å². The second-order valence-electron chi connectivity index (χ2n) is 4.58. The maximum Gasteiger partial charge on any atom is 0.209 e. The van der Waals surface area contributed by atoms with E-state index >= 15 is 0 Å².